The van der Waals surface area contributed by atoms with E-state index in [-0.39, 0.29) is 12.5 Å². The van der Waals surface area contributed by atoms with Gasteiger partial charge in [-0.3, -0.25) is 4.79 Å². The monoisotopic (exact) mass is 386 g/mol. The molecule has 0 aliphatic rings. The van der Waals surface area contributed by atoms with E-state index in [1.807, 2.05) is 48.5 Å². The molecule has 26 heavy (non-hydrogen) atoms. The summed E-state index contributed by atoms with van der Waals surface area (Å²) in [5, 5.41) is 2.88. The Labute approximate surface area is 162 Å². The van der Waals surface area contributed by atoms with Crippen LogP contribution in [0.2, 0.25) is 0 Å². The van der Waals surface area contributed by atoms with Crippen LogP contribution < -0.4 is 10.1 Å². The third-order valence-electron chi connectivity index (χ3n) is 3.69. The molecule has 0 bridgehead atoms. The number of thiazole rings is 1. The van der Waals surface area contributed by atoms with E-state index in [9.17, 15) is 4.79 Å². The fraction of sp³-hybridized carbons (Fsp3) is 0.300. The van der Waals surface area contributed by atoms with Gasteiger partial charge in [0.1, 0.15) is 5.75 Å². The minimum Gasteiger partial charge on any atom is -0.484 e. The summed E-state index contributed by atoms with van der Waals surface area (Å²) >= 11 is 3.47. The number of benzene rings is 2. The summed E-state index contributed by atoms with van der Waals surface area (Å²) in [6.45, 7) is 4.45. The number of rotatable bonds is 8. The minimum absolute atomic E-state index is 0.0129. The maximum absolute atomic E-state index is 12.1. The van der Waals surface area contributed by atoms with Crippen LogP contribution in [0.25, 0.3) is 10.2 Å². The number of para-hydroxylation sites is 1. The summed E-state index contributed by atoms with van der Waals surface area (Å²) in [6, 6.07) is 15.1. The van der Waals surface area contributed by atoms with Crippen LogP contribution in [0.1, 0.15) is 20.3 Å². The summed E-state index contributed by atoms with van der Waals surface area (Å²) in [5.74, 6) is 2.29. The molecular weight excluding hydrogens is 364 g/mol. The summed E-state index contributed by atoms with van der Waals surface area (Å²) in [5.41, 5.74) is 1.74. The van der Waals surface area contributed by atoms with Crippen molar-refractivity contribution in [3.8, 4) is 5.75 Å². The number of anilines is 1. The molecule has 0 saturated heterocycles. The zero-order chi connectivity index (χ0) is 18.4. The molecule has 0 unspecified atom stereocenters. The van der Waals surface area contributed by atoms with E-state index in [1.165, 1.54) is 6.42 Å². The van der Waals surface area contributed by atoms with Crippen LogP contribution in [0.15, 0.2) is 52.9 Å². The number of nitrogens with one attached hydrogen (secondary N) is 1. The smallest absolute Gasteiger partial charge is 0.262 e. The lowest BCUT2D eigenvalue weighted by Gasteiger charge is -2.07. The number of fused-ring (bicyclic) bond motifs is 1. The van der Waals surface area contributed by atoms with Gasteiger partial charge in [0.05, 0.1) is 10.2 Å². The van der Waals surface area contributed by atoms with Crippen molar-refractivity contribution in [2.75, 3.05) is 17.7 Å². The first-order chi connectivity index (χ1) is 12.6. The van der Waals surface area contributed by atoms with E-state index in [2.05, 4.69) is 24.1 Å². The molecule has 3 aromatic rings. The van der Waals surface area contributed by atoms with Crippen molar-refractivity contribution in [1.82, 2.24) is 4.98 Å². The Bertz CT molecular complexity index is 863. The second-order valence-electron chi connectivity index (χ2n) is 6.34. The van der Waals surface area contributed by atoms with Crippen LogP contribution in [-0.2, 0) is 4.79 Å². The van der Waals surface area contributed by atoms with Crippen LogP contribution in [0.5, 0.6) is 5.75 Å². The molecule has 1 N–H and O–H groups in total. The Morgan fingerprint density at radius 1 is 1.23 bits per heavy atom. The highest BCUT2D eigenvalue weighted by Crippen LogP contribution is 2.32. The number of hydrogen-bond acceptors (Lipinski definition) is 5. The molecule has 3 rings (SSSR count). The van der Waals surface area contributed by atoms with Crippen LogP contribution in [-0.4, -0.2) is 23.3 Å². The maximum atomic E-state index is 12.1. The van der Waals surface area contributed by atoms with Crippen molar-refractivity contribution in [2.45, 2.75) is 24.6 Å². The fourth-order valence-corrected chi connectivity index (χ4v) is 4.71. The number of ether oxygens (including phenoxy) is 1. The predicted molar refractivity (Wildman–Crippen MR) is 110 cm³/mol. The molecule has 0 saturated carbocycles. The molecule has 0 atom stereocenters. The van der Waals surface area contributed by atoms with Crippen molar-refractivity contribution in [3.05, 3.63) is 48.5 Å². The average molecular weight is 387 g/mol. The van der Waals surface area contributed by atoms with Crippen LogP contribution in [0.3, 0.4) is 0 Å². The summed E-state index contributed by atoms with van der Waals surface area (Å²) in [4.78, 5) is 16.7. The van der Waals surface area contributed by atoms with E-state index in [0.29, 0.717) is 11.7 Å². The Kier molecular flexibility index (Phi) is 6.52. The van der Waals surface area contributed by atoms with Crippen molar-refractivity contribution in [1.29, 1.82) is 0 Å². The minimum atomic E-state index is -0.177. The van der Waals surface area contributed by atoms with Gasteiger partial charge >= 0.3 is 0 Å². The van der Waals surface area contributed by atoms with Gasteiger partial charge in [-0.2, -0.15) is 0 Å². The highest BCUT2D eigenvalue weighted by molar-refractivity contribution is 8.01. The first-order valence-corrected chi connectivity index (χ1v) is 10.4. The number of amides is 1. The fourth-order valence-electron chi connectivity index (χ4n) is 2.29. The Morgan fingerprint density at radius 3 is 2.81 bits per heavy atom. The third-order valence-corrected chi connectivity index (χ3v) is 5.88. The molecule has 1 aromatic heterocycles. The number of hydrogen-bond donors (Lipinski definition) is 1. The summed E-state index contributed by atoms with van der Waals surface area (Å²) < 4.78 is 7.63. The summed E-state index contributed by atoms with van der Waals surface area (Å²) in [7, 11) is 0. The highest BCUT2D eigenvalue weighted by Gasteiger charge is 2.08. The van der Waals surface area contributed by atoms with Gasteiger partial charge in [0.2, 0.25) is 0 Å². The molecule has 136 valence electrons. The second kappa shape index (κ2) is 9.05. The van der Waals surface area contributed by atoms with E-state index in [4.69, 9.17) is 4.74 Å². The van der Waals surface area contributed by atoms with E-state index >= 15 is 0 Å². The van der Waals surface area contributed by atoms with Crippen LogP contribution >= 0.6 is 23.1 Å². The Balaban J connectivity index is 1.57. The normalized spacial score (nSPS) is 11.0. The van der Waals surface area contributed by atoms with E-state index in [0.717, 1.165) is 26.0 Å². The van der Waals surface area contributed by atoms with E-state index < -0.39 is 0 Å². The van der Waals surface area contributed by atoms with Gasteiger partial charge in [-0.05, 0) is 42.7 Å². The second-order valence-corrected chi connectivity index (χ2v) is 8.72. The lowest BCUT2D eigenvalue weighted by atomic mass is 10.2. The first-order valence-electron chi connectivity index (χ1n) is 8.61. The number of carbonyl (C=O) groups is 1. The van der Waals surface area contributed by atoms with Gasteiger partial charge in [0.25, 0.3) is 5.91 Å². The predicted octanol–water partition coefficient (Wildman–Crippen LogP) is 5.45. The zero-order valence-electron chi connectivity index (χ0n) is 14.9. The average Bonchev–Trinajstić information content (AvgIpc) is 3.02. The standard InChI is InChI=1S/C20H22N2O2S2/c1-14(2)10-11-25-20-22-17-9-8-15(12-18(17)26-20)21-19(23)13-24-16-6-4-3-5-7-16/h3-9,12,14H,10-11,13H2,1-2H3,(H,21,23). The maximum Gasteiger partial charge on any atom is 0.262 e. The molecule has 2 aromatic carbocycles. The van der Waals surface area contributed by atoms with Gasteiger partial charge in [-0.25, -0.2) is 4.98 Å². The quantitative estimate of drug-likeness (QED) is 0.523. The first kappa shape index (κ1) is 18.7. The molecular formula is C20H22N2O2S2. The van der Waals surface area contributed by atoms with Crippen molar-refractivity contribution in [2.24, 2.45) is 5.92 Å². The number of thioether (sulfide) groups is 1. The zero-order valence-corrected chi connectivity index (χ0v) is 16.5. The highest BCUT2D eigenvalue weighted by atomic mass is 32.2. The number of carbonyl (C=O) groups excluding carboxylic acids is 1. The van der Waals surface area contributed by atoms with Gasteiger partial charge in [0, 0.05) is 11.4 Å². The van der Waals surface area contributed by atoms with Crippen LogP contribution in [0.4, 0.5) is 5.69 Å². The molecule has 0 aliphatic carbocycles. The summed E-state index contributed by atoms with van der Waals surface area (Å²) in [6.07, 6.45) is 1.18. The lowest BCUT2D eigenvalue weighted by molar-refractivity contribution is -0.118. The molecule has 1 amide bonds. The Morgan fingerprint density at radius 2 is 2.04 bits per heavy atom. The molecule has 0 spiro atoms. The Hall–Kier alpha value is -2.05. The van der Waals surface area contributed by atoms with Gasteiger partial charge < -0.3 is 10.1 Å². The molecule has 0 aliphatic heterocycles. The van der Waals surface area contributed by atoms with Crippen molar-refractivity contribution >= 4 is 44.9 Å². The van der Waals surface area contributed by atoms with Gasteiger partial charge in [-0.1, -0.05) is 43.8 Å². The van der Waals surface area contributed by atoms with Gasteiger partial charge in [0.15, 0.2) is 10.9 Å². The van der Waals surface area contributed by atoms with Crippen molar-refractivity contribution in [3.63, 3.8) is 0 Å². The topological polar surface area (TPSA) is 51.2 Å². The molecule has 0 fully saturated rings. The molecule has 0 radical (unpaired) electrons. The lowest BCUT2D eigenvalue weighted by Crippen LogP contribution is -2.20. The molecule has 1 heterocycles. The van der Waals surface area contributed by atoms with Gasteiger partial charge in [-0.15, -0.1) is 11.3 Å². The van der Waals surface area contributed by atoms with Crippen LogP contribution in [0, 0.1) is 5.92 Å². The number of nitrogens with zero attached hydrogens (tertiary/aromatic N) is 1. The number of aromatic nitrogens is 1. The van der Waals surface area contributed by atoms with E-state index in [1.54, 1.807) is 23.1 Å². The van der Waals surface area contributed by atoms with Crippen molar-refractivity contribution < 1.29 is 9.53 Å². The molecule has 4 nitrogen and oxygen atoms in total. The SMILES string of the molecule is CC(C)CCSc1nc2ccc(NC(=O)COc3ccccc3)cc2s1. The third kappa shape index (κ3) is 5.47. The molecule has 6 heteroatoms. The largest absolute Gasteiger partial charge is 0.484 e.